The largest absolute Gasteiger partial charge is 0.339 e. The Balaban J connectivity index is 1.30. The molecule has 1 saturated heterocycles. The molecule has 6 heteroatoms. The molecule has 0 radical (unpaired) electrons. The second-order valence-corrected chi connectivity index (χ2v) is 10.7. The highest BCUT2D eigenvalue weighted by atomic mass is 32.1. The van der Waals surface area contributed by atoms with Crippen LogP contribution in [-0.4, -0.2) is 52.8 Å². The third-order valence-corrected chi connectivity index (χ3v) is 8.74. The fourth-order valence-corrected chi connectivity index (χ4v) is 6.75. The van der Waals surface area contributed by atoms with Crippen molar-refractivity contribution in [2.45, 2.75) is 51.0 Å². The molecule has 5 rings (SSSR count). The second-order valence-electron chi connectivity index (χ2n) is 9.78. The van der Waals surface area contributed by atoms with E-state index < -0.39 is 0 Å². The molecule has 35 heavy (non-hydrogen) atoms. The number of aryl methyl sites for hydroxylation is 1. The minimum atomic E-state index is -0.0464. The summed E-state index contributed by atoms with van der Waals surface area (Å²) < 4.78 is 0. The van der Waals surface area contributed by atoms with Gasteiger partial charge in [0.05, 0.1) is 5.56 Å². The van der Waals surface area contributed by atoms with Gasteiger partial charge < -0.3 is 9.80 Å². The molecule has 0 saturated carbocycles. The van der Waals surface area contributed by atoms with Crippen LogP contribution >= 0.6 is 11.3 Å². The van der Waals surface area contributed by atoms with Crippen molar-refractivity contribution >= 4 is 23.2 Å². The van der Waals surface area contributed by atoms with Crippen LogP contribution in [0.3, 0.4) is 0 Å². The van der Waals surface area contributed by atoms with Crippen molar-refractivity contribution in [3.8, 4) is 0 Å². The van der Waals surface area contributed by atoms with Crippen molar-refractivity contribution in [1.82, 2.24) is 14.8 Å². The number of thiophene rings is 1. The number of benzene rings is 1. The molecule has 5 nitrogen and oxygen atoms in total. The van der Waals surface area contributed by atoms with Crippen molar-refractivity contribution in [2.24, 2.45) is 5.92 Å². The van der Waals surface area contributed by atoms with Gasteiger partial charge in [0.15, 0.2) is 0 Å². The van der Waals surface area contributed by atoms with E-state index in [4.69, 9.17) is 0 Å². The number of carbonyl (C=O) groups is 2. The van der Waals surface area contributed by atoms with Crippen molar-refractivity contribution < 1.29 is 9.59 Å². The first-order valence-corrected chi connectivity index (χ1v) is 13.6. The van der Waals surface area contributed by atoms with Gasteiger partial charge in [-0.15, -0.1) is 11.3 Å². The van der Waals surface area contributed by atoms with Crippen LogP contribution in [0.1, 0.15) is 62.5 Å². The molecule has 1 aliphatic heterocycles. The van der Waals surface area contributed by atoms with Crippen LogP contribution in [0.4, 0.5) is 0 Å². The summed E-state index contributed by atoms with van der Waals surface area (Å²) in [6.07, 6.45) is 8.84. The number of piperidine rings is 1. The SMILES string of the molecule is CN(C(=O)c1ccccn1)C(Cc1ccccc1)C1CCN(C(=O)c2csc3c2CCCC3)CC1. The van der Waals surface area contributed by atoms with Crippen LogP contribution in [0, 0.1) is 5.92 Å². The number of pyridine rings is 1. The Kier molecular flexibility index (Phi) is 7.28. The third-order valence-electron chi connectivity index (χ3n) is 7.65. The van der Waals surface area contributed by atoms with E-state index in [1.54, 1.807) is 23.6 Å². The van der Waals surface area contributed by atoms with Gasteiger partial charge in [0.1, 0.15) is 5.69 Å². The van der Waals surface area contributed by atoms with Crippen LogP contribution in [0.25, 0.3) is 0 Å². The molecular weight excluding hydrogens is 454 g/mol. The standard InChI is InChI=1S/C29H33N3O2S/c1-31(29(34)25-12-7-8-16-30-25)26(19-21-9-3-2-4-10-21)22-14-17-32(18-15-22)28(33)24-20-35-27-13-6-5-11-23(24)27/h2-4,7-10,12,16,20,22,26H,5-6,11,13-15,17-19H2,1H3. The Hall–Kier alpha value is -2.99. The number of likely N-dealkylation sites (N-methyl/N-ethyl adjacent to an activating group) is 1. The first-order valence-electron chi connectivity index (χ1n) is 12.7. The molecule has 2 aliphatic rings. The minimum Gasteiger partial charge on any atom is -0.339 e. The summed E-state index contributed by atoms with van der Waals surface area (Å²) in [5, 5.41) is 2.09. The number of hydrogen-bond donors (Lipinski definition) is 0. The van der Waals surface area contributed by atoms with Crippen LogP contribution in [0.15, 0.2) is 60.1 Å². The smallest absolute Gasteiger partial charge is 0.272 e. The highest BCUT2D eigenvalue weighted by Crippen LogP contribution is 2.33. The predicted octanol–water partition coefficient (Wildman–Crippen LogP) is 5.26. The summed E-state index contributed by atoms with van der Waals surface area (Å²) in [7, 11) is 1.90. The molecule has 3 heterocycles. The lowest BCUT2D eigenvalue weighted by Gasteiger charge is -2.40. The Morgan fingerprint density at radius 3 is 2.54 bits per heavy atom. The van der Waals surface area contributed by atoms with Crippen LogP contribution in [0.5, 0.6) is 0 Å². The molecule has 2 amide bonds. The molecule has 1 aliphatic carbocycles. The number of likely N-dealkylation sites (tertiary alicyclic amines) is 1. The Morgan fingerprint density at radius 2 is 1.80 bits per heavy atom. The minimum absolute atomic E-state index is 0.0464. The maximum atomic E-state index is 13.4. The number of fused-ring (bicyclic) bond motifs is 1. The van der Waals surface area contributed by atoms with E-state index in [2.05, 4.69) is 34.6 Å². The highest BCUT2D eigenvalue weighted by molar-refractivity contribution is 7.10. The number of hydrogen-bond acceptors (Lipinski definition) is 4. The molecule has 1 unspecified atom stereocenters. The number of aromatic nitrogens is 1. The lowest BCUT2D eigenvalue weighted by molar-refractivity contribution is 0.0519. The van der Waals surface area contributed by atoms with E-state index >= 15 is 0 Å². The van der Waals surface area contributed by atoms with E-state index in [0.717, 1.165) is 50.8 Å². The molecule has 0 bridgehead atoms. The van der Waals surface area contributed by atoms with Gasteiger partial charge in [0.25, 0.3) is 11.8 Å². The zero-order valence-corrected chi connectivity index (χ0v) is 21.2. The second kappa shape index (κ2) is 10.7. The van der Waals surface area contributed by atoms with Crippen LogP contribution in [-0.2, 0) is 19.3 Å². The fraction of sp³-hybridized carbons (Fsp3) is 0.414. The fourth-order valence-electron chi connectivity index (χ4n) is 5.63. The van der Waals surface area contributed by atoms with Gasteiger partial charge in [-0.05, 0) is 74.1 Å². The van der Waals surface area contributed by atoms with Gasteiger partial charge in [-0.2, -0.15) is 0 Å². The highest BCUT2D eigenvalue weighted by Gasteiger charge is 2.34. The summed E-state index contributed by atoms with van der Waals surface area (Å²) in [6, 6.07) is 15.9. The van der Waals surface area contributed by atoms with Crippen molar-refractivity contribution in [3.05, 3.63) is 87.4 Å². The molecule has 182 valence electrons. The number of amides is 2. The van der Waals surface area contributed by atoms with E-state index in [1.165, 1.54) is 28.8 Å². The number of nitrogens with zero attached hydrogens (tertiary/aromatic N) is 3. The van der Waals surface area contributed by atoms with Crippen LogP contribution < -0.4 is 0 Å². The summed E-state index contributed by atoms with van der Waals surface area (Å²) >= 11 is 1.76. The molecule has 1 fully saturated rings. The average molecular weight is 488 g/mol. The number of carbonyl (C=O) groups excluding carboxylic acids is 2. The van der Waals surface area contributed by atoms with E-state index in [-0.39, 0.29) is 17.9 Å². The first kappa shape index (κ1) is 23.7. The number of rotatable bonds is 6. The molecule has 0 spiro atoms. The average Bonchev–Trinajstić information content (AvgIpc) is 3.36. The summed E-state index contributed by atoms with van der Waals surface area (Å²) in [4.78, 5) is 36.3. The van der Waals surface area contributed by atoms with E-state index in [9.17, 15) is 9.59 Å². The first-order chi connectivity index (χ1) is 17.1. The lowest BCUT2D eigenvalue weighted by atomic mass is 9.84. The van der Waals surface area contributed by atoms with Gasteiger partial charge in [0, 0.05) is 42.6 Å². The van der Waals surface area contributed by atoms with Gasteiger partial charge in [0.2, 0.25) is 0 Å². The Morgan fingerprint density at radius 1 is 1.06 bits per heavy atom. The van der Waals surface area contributed by atoms with Gasteiger partial charge in [-0.3, -0.25) is 14.6 Å². The normalized spacial score (nSPS) is 17.0. The van der Waals surface area contributed by atoms with Crippen molar-refractivity contribution in [3.63, 3.8) is 0 Å². The molecular formula is C29H33N3O2S. The van der Waals surface area contributed by atoms with Crippen molar-refractivity contribution in [1.29, 1.82) is 0 Å². The molecule has 2 aromatic heterocycles. The maximum absolute atomic E-state index is 13.4. The zero-order valence-electron chi connectivity index (χ0n) is 20.4. The van der Waals surface area contributed by atoms with E-state index in [1.807, 2.05) is 35.0 Å². The Bertz CT molecular complexity index is 1150. The summed E-state index contributed by atoms with van der Waals surface area (Å²) in [6.45, 7) is 1.48. The molecule has 1 aromatic carbocycles. The predicted molar refractivity (Wildman–Crippen MR) is 140 cm³/mol. The lowest BCUT2D eigenvalue weighted by Crippen LogP contribution is -2.48. The van der Waals surface area contributed by atoms with E-state index in [0.29, 0.717) is 11.6 Å². The maximum Gasteiger partial charge on any atom is 0.272 e. The van der Waals surface area contributed by atoms with Gasteiger partial charge >= 0.3 is 0 Å². The molecule has 3 aromatic rings. The quantitative estimate of drug-likeness (QED) is 0.477. The summed E-state index contributed by atoms with van der Waals surface area (Å²) in [5.74, 6) is 0.476. The zero-order chi connectivity index (χ0) is 24.2. The summed E-state index contributed by atoms with van der Waals surface area (Å²) in [5.41, 5.74) is 3.94. The Labute approximate surface area is 211 Å². The van der Waals surface area contributed by atoms with Crippen molar-refractivity contribution in [2.75, 3.05) is 20.1 Å². The molecule has 1 atom stereocenters. The van der Waals surface area contributed by atoms with Crippen LogP contribution in [0.2, 0.25) is 0 Å². The monoisotopic (exact) mass is 487 g/mol. The van der Waals surface area contributed by atoms with Gasteiger partial charge in [-0.25, -0.2) is 0 Å². The topological polar surface area (TPSA) is 53.5 Å². The third kappa shape index (κ3) is 5.18. The molecule has 0 N–H and O–H groups in total. The van der Waals surface area contributed by atoms with Gasteiger partial charge in [-0.1, -0.05) is 36.4 Å².